The molecule has 0 spiro atoms. The smallest absolute Gasteiger partial charge is 0.347 e. The first-order valence-corrected chi connectivity index (χ1v) is 8.54. The number of hydrogen-bond donors (Lipinski definition) is 2. The molecule has 0 bridgehead atoms. The van der Waals surface area contributed by atoms with E-state index in [1.54, 1.807) is 0 Å². The third kappa shape index (κ3) is 3.69. The fraction of sp³-hybridized carbons (Fsp3) is 0.364. The van der Waals surface area contributed by atoms with Crippen molar-refractivity contribution in [3.63, 3.8) is 0 Å². The van der Waals surface area contributed by atoms with E-state index >= 15 is 0 Å². The summed E-state index contributed by atoms with van der Waals surface area (Å²) in [4.78, 5) is 10.9. The summed E-state index contributed by atoms with van der Waals surface area (Å²) >= 11 is 0. The predicted octanol–water partition coefficient (Wildman–Crippen LogP) is 0.355. The van der Waals surface area contributed by atoms with Crippen LogP contribution in [0.1, 0.15) is 5.56 Å². The second-order valence-electron chi connectivity index (χ2n) is 5.02. The van der Waals surface area contributed by atoms with Gasteiger partial charge in [-0.3, -0.25) is 9.74 Å². The molecule has 0 aromatic heterocycles. The molecular weight excluding hydrogens is 355 g/mol. The topological polar surface area (TPSA) is 109 Å². The molecule has 2 heterocycles. The maximum atomic E-state index is 13.1. The second kappa shape index (κ2) is 5.77. The minimum atomic E-state index is -4.59. The van der Waals surface area contributed by atoms with Crippen molar-refractivity contribution in [2.75, 3.05) is 17.3 Å². The highest BCUT2D eigenvalue weighted by molar-refractivity contribution is 7.90. The van der Waals surface area contributed by atoms with Crippen molar-refractivity contribution in [3.05, 3.63) is 29.8 Å². The number of para-hydroxylation sites is 1. The summed E-state index contributed by atoms with van der Waals surface area (Å²) in [5, 5.41) is 4.60. The second-order valence-corrected chi connectivity index (χ2v) is 7.13. The van der Waals surface area contributed by atoms with Crippen LogP contribution in [0.15, 0.2) is 29.4 Å². The van der Waals surface area contributed by atoms with E-state index in [1.165, 1.54) is 18.2 Å². The van der Waals surface area contributed by atoms with Crippen LogP contribution in [0.4, 0.5) is 18.9 Å². The summed E-state index contributed by atoms with van der Waals surface area (Å²) in [7, 11) is -3.46. The Balaban J connectivity index is 1.88. The molecule has 132 valence electrons. The third-order valence-corrected chi connectivity index (χ3v) is 3.72. The fourth-order valence-electron chi connectivity index (χ4n) is 1.96. The number of nitrogens with one attached hydrogen (secondary N) is 2. The van der Waals surface area contributed by atoms with Crippen molar-refractivity contribution in [1.82, 2.24) is 16.0 Å². The largest absolute Gasteiger partial charge is 0.418 e. The Hall–Kier alpha value is -2.09. The van der Waals surface area contributed by atoms with Crippen LogP contribution in [0, 0.1) is 0 Å². The molecule has 0 aliphatic carbocycles. The molecule has 2 N–H and O–H groups in total. The van der Waals surface area contributed by atoms with Crippen LogP contribution in [-0.4, -0.2) is 37.8 Å². The summed E-state index contributed by atoms with van der Waals surface area (Å²) < 4.78 is 62.1. The number of benzene rings is 1. The summed E-state index contributed by atoms with van der Waals surface area (Å²) in [6, 6.07) is 4.47. The number of hydroxylamine groups is 1. The van der Waals surface area contributed by atoms with Gasteiger partial charge in [0.1, 0.15) is 5.88 Å². The maximum Gasteiger partial charge on any atom is 0.418 e. The first-order valence-electron chi connectivity index (χ1n) is 6.48. The maximum absolute atomic E-state index is 13.1. The van der Waals surface area contributed by atoms with E-state index in [9.17, 15) is 21.6 Å². The van der Waals surface area contributed by atoms with Gasteiger partial charge in [0.2, 0.25) is 6.35 Å². The van der Waals surface area contributed by atoms with Crippen molar-refractivity contribution in [1.29, 1.82) is 0 Å². The highest BCUT2D eigenvalue weighted by atomic mass is 32.2. The molecule has 3 rings (SSSR count). The van der Waals surface area contributed by atoms with Gasteiger partial charge >= 0.3 is 12.2 Å². The molecule has 1 saturated heterocycles. The van der Waals surface area contributed by atoms with E-state index in [0.29, 0.717) is 0 Å². The molecule has 2 aliphatic heterocycles. The first kappa shape index (κ1) is 16.8. The molecular formula is C11H12F3N5O4S. The normalized spacial score (nSPS) is 20.6. The lowest BCUT2D eigenvalue weighted by Crippen LogP contribution is -2.40. The zero-order valence-corrected chi connectivity index (χ0v) is 12.9. The third-order valence-electron chi connectivity index (χ3n) is 2.97. The van der Waals surface area contributed by atoms with Crippen LogP contribution in [0.2, 0.25) is 0 Å². The molecule has 0 saturated carbocycles. The quantitative estimate of drug-likeness (QED) is 0.734. The van der Waals surface area contributed by atoms with Crippen molar-refractivity contribution >= 4 is 21.5 Å². The van der Waals surface area contributed by atoms with Crippen LogP contribution in [0.3, 0.4) is 0 Å². The Morgan fingerprint density at radius 1 is 1.38 bits per heavy atom. The Labute approximate surface area is 134 Å². The highest BCUT2D eigenvalue weighted by Crippen LogP contribution is 2.36. The first-order chi connectivity index (χ1) is 11.1. The van der Waals surface area contributed by atoms with Gasteiger partial charge in [-0.25, -0.2) is 8.42 Å². The van der Waals surface area contributed by atoms with Crippen LogP contribution in [0.25, 0.3) is 0 Å². The molecule has 1 fully saturated rings. The Kier molecular flexibility index (Phi) is 4.03. The van der Waals surface area contributed by atoms with Crippen LogP contribution in [-0.2, 0) is 25.7 Å². The van der Waals surface area contributed by atoms with Gasteiger partial charge in [0, 0.05) is 6.26 Å². The van der Waals surface area contributed by atoms with Gasteiger partial charge in [0.05, 0.1) is 11.3 Å². The SMILES string of the molecule is CS(=O)(=O)CN(C1=NN(c2ccccc2C(F)(F)F)NO1)C1NO1. The summed E-state index contributed by atoms with van der Waals surface area (Å²) in [6.45, 7) is 0. The number of hydrazine groups is 1. The molecule has 1 aromatic rings. The van der Waals surface area contributed by atoms with Gasteiger partial charge in [-0.2, -0.15) is 18.3 Å². The Morgan fingerprint density at radius 3 is 2.62 bits per heavy atom. The number of rotatable bonds is 4. The van der Waals surface area contributed by atoms with E-state index < -0.39 is 33.8 Å². The number of alkyl halides is 3. The lowest BCUT2D eigenvalue weighted by atomic mass is 10.2. The molecule has 0 radical (unpaired) electrons. The molecule has 1 unspecified atom stereocenters. The highest BCUT2D eigenvalue weighted by Gasteiger charge is 2.40. The van der Waals surface area contributed by atoms with Gasteiger partial charge in [-0.05, 0) is 17.7 Å². The molecule has 1 aromatic carbocycles. The lowest BCUT2D eigenvalue weighted by molar-refractivity contribution is -0.137. The number of sulfone groups is 1. The van der Waals surface area contributed by atoms with Crippen LogP contribution >= 0.6 is 0 Å². The standard InChI is InChI=1S/C11H12F3N5O4S/c1-24(20,21)6-18(10-16-22-10)9-15-19(17-23-9)8-5-3-2-4-7(8)11(12,13)14/h2-5,10,16-17H,6H2,1H3. The van der Waals surface area contributed by atoms with E-state index in [4.69, 9.17) is 9.68 Å². The summed E-state index contributed by atoms with van der Waals surface area (Å²) in [6.07, 6.45) is -4.40. The number of anilines is 1. The van der Waals surface area contributed by atoms with Crippen molar-refractivity contribution in [2.24, 2.45) is 5.10 Å². The molecule has 9 nitrogen and oxygen atoms in total. The zero-order valence-electron chi connectivity index (χ0n) is 12.1. The number of halogens is 3. The van der Waals surface area contributed by atoms with Crippen molar-refractivity contribution in [2.45, 2.75) is 12.5 Å². The van der Waals surface area contributed by atoms with Crippen molar-refractivity contribution in [3.8, 4) is 0 Å². The van der Waals surface area contributed by atoms with E-state index in [-0.39, 0.29) is 11.7 Å². The van der Waals surface area contributed by atoms with Gasteiger partial charge in [0.25, 0.3) is 0 Å². The van der Waals surface area contributed by atoms with Crippen molar-refractivity contribution < 1.29 is 31.3 Å². The molecule has 13 heteroatoms. The number of hydrogen-bond acceptors (Lipinski definition) is 9. The van der Waals surface area contributed by atoms with Crippen LogP contribution in [0.5, 0.6) is 0 Å². The van der Waals surface area contributed by atoms with E-state index in [0.717, 1.165) is 22.3 Å². The van der Waals surface area contributed by atoms with Gasteiger partial charge < -0.3 is 4.84 Å². The van der Waals surface area contributed by atoms with E-state index in [2.05, 4.69) is 16.2 Å². The Morgan fingerprint density at radius 2 is 2.04 bits per heavy atom. The van der Waals surface area contributed by atoms with Gasteiger partial charge in [0.15, 0.2) is 9.84 Å². The van der Waals surface area contributed by atoms with E-state index in [1.807, 2.05) is 0 Å². The average Bonchev–Trinajstić information content (AvgIpc) is 3.20. The Bertz CT molecular complexity index is 765. The van der Waals surface area contributed by atoms with Crippen LogP contribution < -0.4 is 16.2 Å². The molecule has 1 atom stereocenters. The molecule has 24 heavy (non-hydrogen) atoms. The zero-order chi connectivity index (χ0) is 17.5. The summed E-state index contributed by atoms with van der Waals surface area (Å²) in [5.41, 5.74) is 3.36. The minimum Gasteiger partial charge on any atom is -0.347 e. The number of amidine groups is 1. The number of hydrazone groups is 1. The van der Waals surface area contributed by atoms with Gasteiger partial charge in [-0.1, -0.05) is 17.2 Å². The minimum absolute atomic E-state index is 0.257. The monoisotopic (exact) mass is 367 g/mol. The number of nitrogens with zero attached hydrogens (tertiary/aromatic N) is 3. The lowest BCUT2D eigenvalue weighted by Gasteiger charge is -2.17. The fourth-order valence-corrected chi connectivity index (χ4v) is 2.71. The predicted molar refractivity (Wildman–Crippen MR) is 75.1 cm³/mol. The molecule has 2 aliphatic rings. The molecule has 0 amide bonds. The summed E-state index contributed by atoms with van der Waals surface area (Å²) in [5.74, 6) is -0.500. The average molecular weight is 367 g/mol. The van der Waals surface area contributed by atoms with Gasteiger partial charge in [-0.15, -0.1) is 5.48 Å².